The van der Waals surface area contributed by atoms with Crippen molar-refractivity contribution in [1.82, 2.24) is 9.97 Å². The van der Waals surface area contributed by atoms with E-state index in [4.69, 9.17) is 10.00 Å². The van der Waals surface area contributed by atoms with Gasteiger partial charge in [-0.05, 0) is 12.1 Å². The first-order chi connectivity index (χ1) is 13.3. The number of H-pyrrole nitrogens is 1. The summed E-state index contributed by atoms with van der Waals surface area (Å²) in [5.74, 6) is -1.46. The van der Waals surface area contributed by atoms with Gasteiger partial charge in [-0.1, -0.05) is 0 Å². The largest absolute Gasteiger partial charge is 0.493 e. The third-order valence-corrected chi connectivity index (χ3v) is 5.24. The number of pyridine rings is 1. The van der Waals surface area contributed by atoms with Crippen molar-refractivity contribution >= 4 is 32.4 Å². The zero-order chi connectivity index (χ0) is 20.5. The second kappa shape index (κ2) is 7.12. The van der Waals surface area contributed by atoms with Crippen LogP contribution in [0.4, 0.5) is 15.9 Å². The predicted molar refractivity (Wildman–Crippen MR) is 95.8 cm³/mol. The molecule has 3 rings (SSSR count). The highest BCUT2D eigenvalue weighted by molar-refractivity contribution is 7.93. The number of nitriles is 1. The van der Waals surface area contributed by atoms with Crippen LogP contribution >= 0.6 is 0 Å². The van der Waals surface area contributed by atoms with E-state index < -0.39 is 26.7 Å². The fourth-order valence-electron chi connectivity index (χ4n) is 2.55. The van der Waals surface area contributed by atoms with Gasteiger partial charge < -0.3 is 9.72 Å². The number of nitrogens with zero attached hydrogens (tertiary/aromatic N) is 3. The molecule has 0 saturated carbocycles. The second-order valence-corrected chi connectivity index (χ2v) is 7.22. The molecular formula is C16H12FN5O5S. The van der Waals surface area contributed by atoms with Crippen LogP contribution in [-0.4, -0.2) is 30.4 Å². The minimum absolute atomic E-state index is 0.0401. The number of methoxy groups -OCH3 is 1. The third kappa shape index (κ3) is 3.42. The standard InChI is InChI=1S/C16H12FN5O5S/c1-27-13-6-9(4-5-18)15(17)20-16(13)21-28(25,26)14-8-19-12-7-10(22(23)24)2-3-11(12)14/h2-3,6-8,19H,4H2,1H3,(H,20,21). The molecule has 0 spiro atoms. The van der Waals surface area contributed by atoms with Crippen molar-refractivity contribution < 1.29 is 22.5 Å². The van der Waals surface area contributed by atoms with Gasteiger partial charge >= 0.3 is 0 Å². The van der Waals surface area contributed by atoms with Gasteiger partial charge in [0.2, 0.25) is 5.95 Å². The van der Waals surface area contributed by atoms with Crippen LogP contribution in [0.1, 0.15) is 5.56 Å². The molecule has 144 valence electrons. The number of hydrogen-bond acceptors (Lipinski definition) is 7. The summed E-state index contributed by atoms with van der Waals surface area (Å²) >= 11 is 0. The van der Waals surface area contributed by atoms with Crippen molar-refractivity contribution in [3.8, 4) is 11.8 Å². The molecule has 12 heteroatoms. The Balaban J connectivity index is 2.03. The van der Waals surface area contributed by atoms with Crippen molar-refractivity contribution in [2.24, 2.45) is 0 Å². The number of hydrogen-bond donors (Lipinski definition) is 2. The monoisotopic (exact) mass is 405 g/mol. The lowest BCUT2D eigenvalue weighted by molar-refractivity contribution is -0.384. The molecule has 0 radical (unpaired) electrons. The Bertz CT molecular complexity index is 1230. The summed E-state index contributed by atoms with van der Waals surface area (Å²) in [5.41, 5.74) is -0.00325. The quantitative estimate of drug-likeness (QED) is 0.363. The number of anilines is 1. The molecule has 0 bridgehead atoms. The number of nitro benzene ring substituents is 1. The van der Waals surface area contributed by atoms with E-state index >= 15 is 0 Å². The highest BCUT2D eigenvalue weighted by Crippen LogP contribution is 2.30. The van der Waals surface area contributed by atoms with Crippen molar-refractivity contribution in [3.63, 3.8) is 0 Å². The van der Waals surface area contributed by atoms with Crippen molar-refractivity contribution in [2.75, 3.05) is 11.8 Å². The fraction of sp³-hybridized carbons (Fsp3) is 0.125. The molecule has 0 fully saturated rings. The molecule has 1 aromatic carbocycles. The molecule has 2 aromatic heterocycles. The molecule has 0 aliphatic heterocycles. The van der Waals surface area contributed by atoms with Gasteiger partial charge in [0.15, 0.2) is 11.6 Å². The maximum absolute atomic E-state index is 14.0. The number of halogens is 1. The molecule has 10 nitrogen and oxygen atoms in total. The van der Waals surface area contributed by atoms with E-state index in [1.807, 2.05) is 0 Å². The van der Waals surface area contributed by atoms with Crippen LogP contribution in [0.2, 0.25) is 0 Å². The van der Waals surface area contributed by atoms with Gasteiger partial charge in [0.1, 0.15) is 4.90 Å². The van der Waals surface area contributed by atoms with Gasteiger partial charge in [-0.25, -0.2) is 8.42 Å². The van der Waals surface area contributed by atoms with Crippen molar-refractivity contribution in [3.05, 3.63) is 52.1 Å². The number of fused-ring (bicyclic) bond motifs is 1. The van der Waals surface area contributed by atoms with E-state index in [1.165, 1.54) is 31.4 Å². The summed E-state index contributed by atoms with van der Waals surface area (Å²) in [6.07, 6.45) is 0.896. The lowest BCUT2D eigenvalue weighted by atomic mass is 10.2. The van der Waals surface area contributed by atoms with Gasteiger partial charge in [-0.3, -0.25) is 14.8 Å². The third-order valence-electron chi connectivity index (χ3n) is 3.86. The number of aromatic nitrogens is 2. The second-order valence-electron chi connectivity index (χ2n) is 5.57. The maximum atomic E-state index is 14.0. The molecule has 0 atom stereocenters. The molecule has 3 aromatic rings. The number of aromatic amines is 1. The van der Waals surface area contributed by atoms with Crippen LogP contribution in [0.15, 0.2) is 35.4 Å². The summed E-state index contributed by atoms with van der Waals surface area (Å²) in [6, 6.07) is 6.62. The molecule has 2 N–H and O–H groups in total. The predicted octanol–water partition coefficient (Wildman–Crippen LogP) is 2.49. The number of nitrogens with one attached hydrogen (secondary N) is 2. The molecule has 2 heterocycles. The smallest absolute Gasteiger partial charge is 0.271 e. The fourth-order valence-corrected chi connectivity index (χ4v) is 3.75. The van der Waals surface area contributed by atoms with E-state index in [0.29, 0.717) is 0 Å². The number of ether oxygens (including phenoxy) is 1. The van der Waals surface area contributed by atoms with E-state index in [2.05, 4.69) is 14.7 Å². The van der Waals surface area contributed by atoms with Crippen LogP contribution in [0.25, 0.3) is 10.9 Å². The molecular weight excluding hydrogens is 393 g/mol. The molecule has 0 amide bonds. The Morgan fingerprint density at radius 2 is 2.18 bits per heavy atom. The SMILES string of the molecule is COc1cc(CC#N)c(F)nc1NS(=O)(=O)c1c[nH]c2cc([N+](=O)[O-])ccc12. The zero-order valence-corrected chi connectivity index (χ0v) is 15.1. The first kappa shape index (κ1) is 19.1. The van der Waals surface area contributed by atoms with E-state index in [0.717, 1.165) is 6.20 Å². The number of nitro groups is 1. The number of benzene rings is 1. The van der Waals surface area contributed by atoms with Gasteiger partial charge in [-0.2, -0.15) is 14.6 Å². The number of sulfonamides is 1. The van der Waals surface area contributed by atoms with Gasteiger partial charge in [0.25, 0.3) is 15.7 Å². The highest BCUT2D eigenvalue weighted by Gasteiger charge is 2.23. The average Bonchev–Trinajstić information content (AvgIpc) is 3.07. The van der Waals surface area contributed by atoms with Crippen LogP contribution in [0, 0.1) is 27.4 Å². The van der Waals surface area contributed by atoms with Gasteiger partial charge in [0.05, 0.1) is 30.0 Å². The summed E-state index contributed by atoms with van der Waals surface area (Å²) in [4.78, 5) is 16.2. The summed E-state index contributed by atoms with van der Waals surface area (Å²) in [7, 11) is -2.99. The summed E-state index contributed by atoms with van der Waals surface area (Å²) in [6.45, 7) is 0. The van der Waals surface area contributed by atoms with Crippen molar-refractivity contribution in [1.29, 1.82) is 5.26 Å². The molecule has 28 heavy (non-hydrogen) atoms. The molecule has 0 aliphatic carbocycles. The topological polar surface area (TPSA) is 151 Å². The summed E-state index contributed by atoms with van der Waals surface area (Å²) < 4.78 is 46.7. The minimum atomic E-state index is -4.23. The maximum Gasteiger partial charge on any atom is 0.271 e. The van der Waals surface area contributed by atoms with Gasteiger partial charge in [-0.15, -0.1) is 0 Å². The first-order valence-electron chi connectivity index (χ1n) is 7.65. The first-order valence-corrected chi connectivity index (χ1v) is 9.14. The lowest BCUT2D eigenvalue weighted by Crippen LogP contribution is -2.15. The van der Waals surface area contributed by atoms with Crippen LogP contribution < -0.4 is 9.46 Å². The molecule has 0 saturated heterocycles. The Morgan fingerprint density at radius 3 is 2.82 bits per heavy atom. The van der Waals surface area contributed by atoms with Crippen molar-refractivity contribution in [2.45, 2.75) is 11.3 Å². The Kier molecular flexibility index (Phi) is 4.85. The zero-order valence-electron chi connectivity index (χ0n) is 14.3. The molecule has 0 unspecified atom stereocenters. The van der Waals surface area contributed by atoms with Crippen LogP contribution in [-0.2, 0) is 16.4 Å². The normalized spacial score (nSPS) is 11.2. The Morgan fingerprint density at radius 1 is 1.43 bits per heavy atom. The highest BCUT2D eigenvalue weighted by atomic mass is 32.2. The van der Waals surface area contributed by atoms with Crippen LogP contribution in [0.5, 0.6) is 5.75 Å². The summed E-state index contributed by atoms with van der Waals surface area (Å²) in [5, 5.41) is 19.8. The minimum Gasteiger partial charge on any atom is -0.493 e. The van der Waals surface area contributed by atoms with E-state index in [9.17, 15) is 22.9 Å². The number of rotatable bonds is 6. The Hall–Kier alpha value is -3.72. The lowest BCUT2D eigenvalue weighted by Gasteiger charge is -2.12. The van der Waals surface area contributed by atoms with Crippen LogP contribution in [0.3, 0.4) is 0 Å². The average molecular weight is 405 g/mol. The van der Waals surface area contributed by atoms with E-state index in [1.54, 1.807) is 6.07 Å². The molecule has 0 aliphatic rings. The Labute approximate surface area is 157 Å². The number of non-ortho nitro benzene ring substituents is 1. The van der Waals surface area contributed by atoms with Gasteiger partial charge in [0, 0.05) is 29.3 Å². The van der Waals surface area contributed by atoms with E-state index in [-0.39, 0.29) is 39.2 Å².